The van der Waals surface area contributed by atoms with Gasteiger partial charge in [0.15, 0.2) is 0 Å². The number of hydrogen-bond acceptors (Lipinski definition) is 3. The maximum absolute atomic E-state index is 11.4. The quantitative estimate of drug-likeness (QED) is 0.373. The van der Waals surface area contributed by atoms with Crippen LogP contribution in [0.1, 0.15) is 32.1 Å². The molecule has 0 bridgehead atoms. The highest BCUT2D eigenvalue weighted by Crippen LogP contribution is 2.44. The Morgan fingerprint density at radius 3 is 2.53 bits per heavy atom. The first-order chi connectivity index (χ1) is 7.25. The standard InChI is InChI=1S/C12H14O3/c13-11-9-5-4-8(7-2-1-3-7)6-10(9)12(14)15-11/h2,8-10H,1,3-6H2. The maximum Gasteiger partial charge on any atom is 0.317 e. The second kappa shape index (κ2) is 3.19. The van der Waals surface area contributed by atoms with Gasteiger partial charge in [-0.25, -0.2) is 0 Å². The van der Waals surface area contributed by atoms with Crippen molar-refractivity contribution in [2.24, 2.45) is 17.8 Å². The lowest BCUT2D eigenvalue weighted by molar-refractivity contribution is -0.153. The summed E-state index contributed by atoms with van der Waals surface area (Å²) in [4.78, 5) is 22.8. The van der Waals surface area contributed by atoms with Gasteiger partial charge in [-0.3, -0.25) is 9.59 Å². The van der Waals surface area contributed by atoms with Gasteiger partial charge in [-0.15, -0.1) is 0 Å². The van der Waals surface area contributed by atoms with Crippen molar-refractivity contribution >= 4 is 11.9 Å². The Bertz CT molecular complexity index is 356. The van der Waals surface area contributed by atoms with Crippen LogP contribution >= 0.6 is 0 Å². The molecule has 3 heteroatoms. The van der Waals surface area contributed by atoms with Crippen molar-refractivity contribution in [3.8, 4) is 0 Å². The van der Waals surface area contributed by atoms with E-state index in [9.17, 15) is 9.59 Å². The van der Waals surface area contributed by atoms with Gasteiger partial charge in [0.05, 0.1) is 11.8 Å². The third-order valence-electron chi connectivity index (χ3n) is 4.02. The van der Waals surface area contributed by atoms with Crippen LogP contribution in [0.3, 0.4) is 0 Å². The van der Waals surface area contributed by atoms with Crippen molar-refractivity contribution in [3.05, 3.63) is 11.6 Å². The summed E-state index contributed by atoms with van der Waals surface area (Å²) in [5.74, 6) is -0.300. The Labute approximate surface area is 88.5 Å². The molecule has 1 saturated carbocycles. The number of ether oxygens (including phenoxy) is 1. The molecular formula is C12H14O3. The summed E-state index contributed by atoms with van der Waals surface area (Å²) >= 11 is 0. The van der Waals surface area contributed by atoms with Crippen LogP contribution in [0.2, 0.25) is 0 Å². The summed E-state index contributed by atoms with van der Waals surface area (Å²) in [5.41, 5.74) is 1.50. The summed E-state index contributed by atoms with van der Waals surface area (Å²) in [6.07, 6.45) is 7.36. The van der Waals surface area contributed by atoms with Crippen LogP contribution in [0.15, 0.2) is 11.6 Å². The molecule has 3 nitrogen and oxygen atoms in total. The fraction of sp³-hybridized carbons (Fsp3) is 0.667. The first kappa shape index (κ1) is 9.13. The van der Waals surface area contributed by atoms with E-state index in [-0.39, 0.29) is 23.8 Å². The number of carbonyl (C=O) groups is 2. The predicted molar refractivity (Wildman–Crippen MR) is 52.7 cm³/mol. The highest BCUT2D eigenvalue weighted by Gasteiger charge is 2.48. The van der Waals surface area contributed by atoms with E-state index in [1.165, 1.54) is 18.4 Å². The van der Waals surface area contributed by atoms with Crippen molar-refractivity contribution < 1.29 is 14.3 Å². The second-order valence-corrected chi connectivity index (χ2v) is 4.78. The number of esters is 2. The average Bonchev–Trinajstić information content (AvgIpc) is 2.40. The Morgan fingerprint density at radius 1 is 1.13 bits per heavy atom. The van der Waals surface area contributed by atoms with E-state index in [0.717, 1.165) is 19.3 Å². The van der Waals surface area contributed by atoms with E-state index in [4.69, 9.17) is 4.74 Å². The Morgan fingerprint density at radius 2 is 1.87 bits per heavy atom. The fourth-order valence-corrected chi connectivity index (χ4v) is 2.98. The van der Waals surface area contributed by atoms with E-state index in [2.05, 4.69) is 6.08 Å². The summed E-state index contributed by atoms with van der Waals surface area (Å²) in [5, 5.41) is 0. The molecule has 3 aliphatic rings. The molecule has 2 aliphatic carbocycles. The molecule has 1 heterocycles. The monoisotopic (exact) mass is 206 g/mol. The minimum absolute atomic E-state index is 0.130. The highest BCUT2D eigenvalue weighted by atomic mass is 16.6. The molecule has 0 aromatic rings. The smallest absolute Gasteiger partial charge is 0.317 e. The number of hydrogen-bond donors (Lipinski definition) is 0. The van der Waals surface area contributed by atoms with Gasteiger partial charge >= 0.3 is 11.9 Å². The van der Waals surface area contributed by atoms with Gasteiger partial charge in [0.1, 0.15) is 0 Å². The largest absolute Gasteiger partial charge is 0.393 e. The molecule has 80 valence electrons. The van der Waals surface area contributed by atoms with Crippen molar-refractivity contribution in [3.63, 3.8) is 0 Å². The second-order valence-electron chi connectivity index (χ2n) is 4.78. The number of rotatable bonds is 1. The van der Waals surface area contributed by atoms with Gasteiger partial charge in [0.2, 0.25) is 0 Å². The van der Waals surface area contributed by atoms with E-state index in [0.29, 0.717) is 5.92 Å². The summed E-state index contributed by atoms with van der Waals surface area (Å²) in [7, 11) is 0. The molecule has 1 saturated heterocycles. The number of fused-ring (bicyclic) bond motifs is 1. The van der Waals surface area contributed by atoms with Crippen LogP contribution in [-0.2, 0) is 14.3 Å². The first-order valence-electron chi connectivity index (χ1n) is 5.70. The highest BCUT2D eigenvalue weighted by molar-refractivity contribution is 5.96. The van der Waals surface area contributed by atoms with Gasteiger partial charge in [-0.05, 0) is 38.0 Å². The van der Waals surface area contributed by atoms with Crippen molar-refractivity contribution in [2.75, 3.05) is 0 Å². The Hall–Kier alpha value is -1.12. The minimum atomic E-state index is -0.286. The van der Waals surface area contributed by atoms with Gasteiger partial charge in [0, 0.05) is 0 Å². The summed E-state index contributed by atoms with van der Waals surface area (Å²) in [6.45, 7) is 0. The van der Waals surface area contributed by atoms with Gasteiger partial charge in [0.25, 0.3) is 0 Å². The Kier molecular flexibility index (Phi) is 1.94. The topological polar surface area (TPSA) is 43.4 Å². The molecule has 0 amide bonds. The zero-order valence-corrected chi connectivity index (χ0v) is 8.57. The maximum atomic E-state index is 11.4. The molecular weight excluding hydrogens is 192 g/mol. The van der Waals surface area contributed by atoms with Gasteiger partial charge in [-0.2, -0.15) is 0 Å². The van der Waals surface area contributed by atoms with Crippen LogP contribution in [0.4, 0.5) is 0 Å². The lowest BCUT2D eigenvalue weighted by Gasteiger charge is -2.32. The Balaban J connectivity index is 1.77. The van der Waals surface area contributed by atoms with Crippen LogP contribution in [-0.4, -0.2) is 11.9 Å². The van der Waals surface area contributed by atoms with Crippen molar-refractivity contribution in [2.45, 2.75) is 32.1 Å². The molecule has 0 spiro atoms. The van der Waals surface area contributed by atoms with Crippen LogP contribution in [0, 0.1) is 17.8 Å². The molecule has 15 heavy (non-hydrogen) atoms. The molecule has 0 aromatic carbocycles. The predicted octanol–water partition coefficient (Wildman–Crippen LogP) is 1.82. The third kappa shape index (κ3) is 1.33. The van der Waals surface area contributed by atoms with E-state index in [1.807, 2.05) is 0 Å². The lowest BCUT2D eigenvalue weighted by atomic mass is 9.70. The number of cyclic esters (lactones) is 2. The number of carbonyl (C=O) groups excluding carboxylic acids is 2. The third-order valence-corrected chi connectivity index (χ3v) is 4.02. The minimum Gasteiger partial charge on any atom is -0.393 e. The van der Waals surface area contributed by atoms with Crippen LogP contribution < -0.4 is 0 Å². The fourth-order valence-electron chi connectivity index (χ4n) is 2.98. The van der Waals surface area contributed by atoms with Gasteiger partial charge in [-0.1, -0.05) is 11.6 Å². The normalized spacial score (nSPS) is 39.2. The van der Waals surface area contributed by atoms with Crippen LogP contribution in [0.25, 0.3) is 0 Å². The SMILES string of the molecule is O=C1OC(=O)C2CC(C3=CCC3)CCC12. The number of allylic oxidation sites excluding steroid dienone is 2. The lowest BCUT2D eigenvalue weighted by Crippen LogP contribution is -2.28. The molecule has 2 fully saturated rings. The molecule has 0 N–H and O–H groups in total. The average molecular weight is 206 g/mol. The molecule has 1 aliphatic heterocycles. The molecule has 0 aromatic heterocycles. The molecule has 3 rings (SSSR count). The zero-order chi connectivity index (χ0) is 10.4. The zero-order valence-electron chi connectivity index (χ0n) is 8.57. The van der Waals surface area contributed by atoms with E-state index >= 15 is 0 Å². The summed E-state index contributed by atoms with van der Waals surface area (Å²) < 4.78 is 4.69. The molecule has 3 atom stereocenters. The van der Waals surface area contributed by atoms with E-state index in [1.54, 1.807) is 0 Å². The van der Waals surface area contributed by atoms with Crippen molar-refractivity contribution in [1.29, 1.82) is 0 Å². The van der Waals surface area contributed by atoms with Crippen molar-refractivity contribution in [1.82, 2.24) is 0 Å². The summed E-state index contributed by atoms with van der Waals surface area (Å²) in [6, 6.07) is 0. The molecule has 0 radical (unpaired) electrons. The van der Waals surface area contributed by atoms with Crippen LogP contribution in [0.5, 0.6) is 0 Å². The first-order valence-corrected chi connectivity index (χ1v) is 5.70. The van der Waals surface area contributed by atoms with Gasteiger partial charge < -0.3 is 4.74 Å². The van der Waals surface area contributed by atoms with E-state index < -0.39 is 0 Å². The molecule has 3 unspecified atom stereocenters.